The Morgan fingerprint density at radius 2 is 0.973 bits per heavy atom. The second kappa shape index (κ2) is 15.3. The van der Waals surface area contributed by atoms with Crippen LogP contribution in [0.3, 0.4) is 0 Å². The highest BCUT2D eigenvalue weighted by atomic mass is 32.1. The monoisotopic (exact) mass is 946 g/mol. The predicted octanol–water partition coefficient (Wildman–Crippen LogP) is 16.3. The van der Waals surface area contributed by atoms with Gasteiger partial charge in [0.25, 0.3) is 0 Å². The molecule has 7 heteroatoms. The van der Waals surface area contributed by atoms with E-state index >= 15 is 0 Å². The van der Waals surface area contributed by atoms with Gasteiger partial charge in [-0.05, 0) is 68.4 Å². The fourth-order valence-electron chi connectivity index (χ4n) is 12.2. The van der Waals surface area contributed by atoms with Gasteiger partial charge in [-0.3, -0.25) is 0 Å². The predicted molar refractivity (Wildman–Crippen MR) is 298 cm³/mol. The molecular weight excluding hydrogens is 909 g/mol. The topological polar surface area (TPSA) is 69.4 Å². The fourth-order valence-corrected chi connectivity index (χ4v) is 13.4. The van der Waals surface area contributed by atoms with Crippen LogP contribution < -0.4 is 0 Å². The molecule has 2 aliphatic rings. The molecule has 338 valence electrons. The minimum atomic E-state index is -0.722. The smallest absolute Gasteiger partial charge is 0.164 e. The maximum atomic E-state index is 5.63. The minimum Gasteiger partial charge on any atom is -0.309 e. The van der Waals surface area contributed by atoms with Crippen LogP contribution >= 0.6 is 11.3 Å². The van der Waals surface area contributed by atoms with E-state index in [9.17, 15) is 0 Å². The number of rotatable bonds is 5. The zero-order valence-electron chi connectivity index (χ0n) is 39.0. The molecular formula is C66H38N6S. The number of hydrogen-bond donors (Lipinski definition) is 0. The summed E-state index contributed by atoms with van der Waals surface area (Å²) in [6.45, 7) is 0. The SMILES string of the molecule is c1ccc(-c2nc(-c3ccccc3)nc(-c3cccc4c3-c3cc(-c5nc(-c6cccc7ccccc67)c6sc7ccccc7c6n5)ccc3C43c4ccccc4-n4c5ccccc5c5cccc3c54)n2)cc1. The van der Waals surface area contributed by atoms with Crippen LogP contribution in [0.1, 0.15) is 22.3 Å². The molecule has 0 amide bonds. The molecule has 4 aromatic heterocycles. The number of fused-ring (bicyclic) bond motifs is 16. The molecule has 0 N–H and O–H groups in total. The number of hydrogen-bond acceptors (Lipinski definition) is 6. The van der Waals surface area contributed by atoms with Crippen LogP contribution in [-0.2, 0) is 5.41 Å². The standard InChI is InChI=1S/C66H38N6S/c1-3-19-40(20-4-1)62-69-63(41-21-5-2-6-22-41)71-65(70-62)48-29-17-31-52-57(48)49-38-42(64-67-58(45-27-15-23-39-18-7-8-24-43(39)45)61-59(68-64)47-26-10-14-35-56(47)73-61)36-37-50(49)66(52)51-30-11-13-34-55(51)72-54-33-12-9-25-44(54)46-28-16-32-53(66)60(46)72/h1-38H. The Morgan fingerprint density at radius 3 is 1.81 bits per heavy atom. The number of para-hydroxylation sites is 3. The van der Waals surface area contributed by atoms with Crippen LogP contribution in [-0.4, -0.2) is 29.5 Å². The quantitative estimate of drug-likeness (QED) is 0.172. The summed E-state index contributed by atoms with van der Waals surface area (Å²) in [4.78, 5) is 27.1. The van der Waals surface area contributed by atoms with Gasteiger partial charge in [-0.15, -0.1) is 11.3 Å². The third-order valence-corrected chi connectivity index (χ3v) is 16.4. The number of benzene rings is 10. The van der Waals surface area contributed by atoms with Crippen LogP contribution in [0.25, 0.3) is 127 Å². The summed E-state index contributed by atoms with van der Waals surface area (Å²) in [7, 11) is 0. The molecule has 10 aromatic carbocycles. The number of aromatic nitrogens is 6. The lowest BCUT2D eigenvalue weighted by Gasteiger charge is -2.39. The Bertz CT molecular complexity index is 4570. The van der Waals surface area contributed by atoms with E-state index in [1.54, 1.807) is 11.3 Å². The highest BCUT2D eigenvalue weighted by Crippen LogP contribution is 2.63. The van der Waals surface area contributed by atoms with Crippen molar-refractivity contribution in [1.29, 1.82) is 0 Å². The summed E-state index contributed by atoms with van der Waals surface area (Å²) < 4.78 is 4.75. The van der Waals surface area contributed by atoms with Gasteiger partial charge in [0, 0.05) is 48.7 Å². The second-order valence-corrected chi connectivity index (χ2v) is 20.1. The molecule has 6 nitrogen and oxygen atoms in total. The average molecular weight is 947 g/mol. The summed E-state index contributed by atoms with van der Waals surface area (Å²) >= 11 is 1.76. The van der Waals surface area contributed by atoms with E-state index in [1.807, 2.05) is 36.4 Å². The third-order valence-electron chi connectivity index (χ3n) is 15.3. The molecule has 5 heterocycles. The van der Waals surface area contributed by atoms with Crippen LogP contribution in [0.5, 0.6) is 0 Å². The van der Waals surface area contributed by atoms with Crippen molar-refractivity contribution in [2.45, 2.75) is 5.41 Å². The number of thiophene rings is 1. The lowest BCUT2D eigenvalue weighted by Crippen LogP contribution is -2.33. The molecule has 0 radical (unpaired) electrons. The molecule has 14 aromatic rings. The Balaban J connectivity index is 1.02. The molecule has 0 saturated carbocycles. The van der Waals surface area contributed by atoms with Crippen LogP contribution in [0.15, 0.2) is 231 Å². The van der Waals surface area contributed by atoms with Gasteiger partial charge >= 0.3 is 0 Å². The molecule has 0 fully saturated rings. The van der Waals surface area contributed by atoms with E-state index in [4.69, 9.17) is 24.9 Å². The summed E-state index contributed by atoms with van der Waals surface area (Å²) in [5.41, 5.74) is 16.5. The first-order valence-corrected chi connectivity index (χ1v) is 25.5. The fraction of sp³-hybridized carbons (Fsp3) is 0.0152. The van der Waals surface area contributed by atoms with Crippen molar-refractivity contribution < 1.29 is 0 Å². The van der Waals surface area contributed by atoms with Gasteiger partial charge < -0.3 is 4.57 Å². The van der Waals surface area contributed by atoms with Crippen molar-refractivity contribution in [3.8, 4) is 73.6 Å². The van der Waals surface area contributed by atoms with Gasteiger partial charge in [-0.1, -0.05) is 206 Å². The maximum Gasteiger partial charge on any atom is 0.164 e. The van der Waals surface area contributed by atoms with Gasteiger partial charge in [0.05, 0.1) is 38.0 Å². The van der Waals surface area contributed by atoms with Crippen molar-refractivity contribution in [3.63, 3.8) is 0 Å². The van der Waals surface area contributed by atoms with Gasteiger partial charge in [0.2, 0.25) is 0 Å². The van der Waals surface area contributed by atoms with E-state index < -0.39 is 5.41 Å². The Kier molecular flexibility index (Phi) is 8.44. The normalized spacial score (nSPS) is 14.4. The first kappa shape index (κ1) is 40.3. The summed E-state index contributed by atoms with van der Waals surface area (Å²) in [5.74, 6) is 2.51. The zero-order valence-corrected chi connectivity index (χ0v) is 39.8. The Hall–Kier alpha value is -9.43. The molecule has 1 aliphatic heterocycles. The summed E-state index contributed by atoms with van der Waals surface area (Å²) in [6.07, 6.45) is 0. The molecule has 1 atom stereocenters. The molecule has 0 saturated heterocycles. The molecule has 1 spiro atoms. The highest BCUT2D eigenvalue weighted by molar-refractivity contribution is 7.26. The second-order valence-electron chi connectivity index (χ2n) is 19.0. The summed E-state index contributed by atoms with van der Waals surface area (Å²) in [5, 5.41) is 5.92. The molecule has 0 bridgehead atoms. The zero-order chi connectivity index (χ0) is 47.8. The number of nitrogens with zero attached hydrogens (tertiary/aromatic N) is 6. The van der Waals surface area contributed by atoms with Crippen LogP contribution in [0.4, 0.5) is 0 Å². The van der Waals surface area contributed by atoms with Crippen LogP contribution in [0, 0.1) is 0 Å². The first-order valence-electron chi connectivity index (χ1n) is 24.7. The van der Waals surface area contributed by atoms with E-state index in [0.717, 1.165) is 71.3 Å². The lowest BCUT2D eigenvalue weighted by atomic mass is 9.65. The van der Waals surface area contributed by atoms with Gasteiger partial charge in [-0.2, -0.15) is 0 Å². The van der Waals surface area contributed by atoms with E-state index in [-0.39, 0.29) is 0 Å². The van der Waals surface area contributed by atoms with Gasteiger partial charge in [0.15, 0.2) is 23.3 Å². The van der Waals surface area contributed by atoms with Gasteiger partial charge in [0.1, 0.15) is 0 Å². The Labute approximate surface area is 423 Å². The van der Waals surface area contributed by atoms with Crippen molar-refractivity contribution >= 4 is 64.2 Å². The first-order chi connectivity index (χ1) is 36.2. The molecule has 16 rings (SSSR count). The Morgan fingerprint density at radius 1 is 0.370 bits per heavy atom. The molecule has 1 unspecified atom stereocenters. The van der Waals surface area contributed by atoms with Crippen molar-refractivity contribution in [3.05, 3.63) is 253 Å². The average Bonchev–Trinajstić information content (AvgIpc) is 4.12. The third kappa shape index (κ3) is 5.65. The summed E-state index contributed by atoms with van der Waals surface area (Å²) in [6, 6.07) is 82.6. The lowest BCUT2D eigenvalue weighted by molar-refractivity contribution is 0.748. The minimum absolute atomic E-state index is 0.607. The van der Waals surface area contributed by atoms with Crippen molar-refractivity contribution in [1.82, 2.24) is 29.5 Å². The molecule has 1 aliphatic carbocycles. The van der Waals surface area contributed by atoms with Crippen molar-refractivity contribution in [2.75, 3.05) is 0 Å². The highest BCUT2D eigenvalue weighted by Gasteiger charge is 2.51. The van der Waals surface area contributed by atoms with E-state index in [2.05, 4.69) is 199 Å². The van der Waals surface area contributed by atoms with Crippen molar-refractivity contribution in [2.24, 2.45) is 0 Å². The molecule has 73 heavy (non-hydrogen) atoms. The van der Waals surface area contributed by atoms with E-state index in [0.29, 0.717) is 23.3 Å². The maximum absolute atomic E-state index is 5.63. The van der Waals surface area contributed by atoms with Gasteiger partial charge in [-0.25, -0.2) is 24.9 Å². The van der Waals surface area contributed by atoms with E-state index in [1.165, 1.54) is 54.1 Å². The van der Waals surface area contributed by atoms with Crippen LogP contribution in [0.2, 0.25) is 0 Å². The largest absolute Gasteiger partial charge is 0.309 e.